The Morgan fingerprint density at radius 2 is 2.11 bits per heavy atom. The Hall–Kier alpha value is -0.630. The molecule has 12 heteroatoms. The number of carbonyl (C=O) groups excluding carboxylic acids is 1. The van der Waals surface area contributed by atoms with Crippen LogP contribution in [0.2, 0.25) is 4.34 Å². The summed E-state index contributed by atoms with van der Waals surface area (Å²) in [6.07, 6.45) is 2.40. The molecule has 1 aromatic rings. The minimum Gasteiger partial charge on any atom is -0.357 e. The summed E-state index contributed by atoms with van der Waals surface area (Å²) in [4.78, 5) is 17.9. The quantitative estimate of drug-likeness (QED) is 0.175. The van der Waals surface area contributed by atoms with Crippen molar-refractivity contribution in [3.05, 3.63) is 16.5 Å². The van der Waals surface area contributed by atoms with E-state index in [1.54, 1.807) is 6.07 Å². The van der Waals surface area contributed by atoms with Crippen molar-refractivity contribution in [2.24, 2.45) is 4.99 Å². The van der Waals surface area contributed by atoms with Crippen LogP contribution in [-0.2, 0) is 14.8 Å². The minimum absolute atomic E-state index is 0. The van der Waals surface area contributed by atoms with Gasteiger partial charge < -0.3 is 15.5 Å². The van der Waals surface area contributed by atoms with Crippen molar-refractivity contribution >= 4 is 68.8 Å². The largest absolute Gasteiger partial charge is 0.357 e. The molecule has 2 heterocycles. The monoisotopic (exact) mass is 563 g/mol. The average Bonchev–Trinajstić information content (AvgIpc) is 3.24. The predicted octanol–water partition coefficient (Wildman–Crippen LogP) is 1.87. The third-order valence-corrected chi connectivity index (χ3v) is 7.08. The summed E-state index contributed by atoms with van der Waals surface area (Å²) in [7, 11) is -3.54. The van der Waals surface area contributed by atoms with E-state index >= 15 is 0 Å². The highest BCUT2D eigenvalue weighted by Gasteiger charge is 2.19. The Bertz CT molecular complexity index is 757. The van der Waals surface area contributed by atoms with Crippen molar-refractivity contribution in [1.29, 1.82) is 0 Å². The highest BCUT2D eigenvalue weighted by Crippen LogP contribution is 2.25. The zero-order valence-electron chi connectivity index (χ0n) is 15.7. The summed E-state index contributed by atoms with van der Waals surface area (Å²) >= 11 is 6.80. The first-order valence-electron chi connectivity index (χ1n) is 8.97. The fraction of sp³-hybridized carbons (Fsp3) is 0.625. The van der Waals surface area contributed by atoms with Crippen molar-refractivity contribution in [3.8, 4) is 0 Å². The molecule has 1 saturated heterocycles. The van der Waals surface area contributed by atoms with Crippen molar-refractivity contribution in [2.45, 2.75) is 30.4 Å². The van der Waals surface area contributed by atoms with E-state index in [1.165, 1.54) is 6.07 Å². The normalized spacial score (nSPS) is 14.9. The average molecular weight is 564 g/mol. The maximum atomic E-state index is 12.1. The molecule has 0 aromatic carbocycles. The molecule has 0 atom stereocenters. The van der Waals surface area contributed by atoms with E-state index in [9.17, 15) is 13.2 Å². The smallest absolute Gasteiger partial charge is 0.250 e. The molecular formula is C16H27ClIN5O3S2. The Morgan fingerprint density at radius 1 is 1.32 bits per heavy atom. The van der Waals surface area contributed by atoms with Gasteiger partial charge in [0.25, 0.3) is 0 Å². The van der Waals surface area contributed by atoms with E-state index in [1.807, 2.05) is 11.8 Å². The van der Waals surface area contributed by atoms with Gasteiger partial charge in [-0.1, -0.05) is 11.6 Å². The van der Waals surface area contributed by atoms with Gasteiger partial charge in [0.15, 0.2) is 5.96 Å². The maximum absolute atomic E-state index is 12.1. The number of amides is 1. The van der Waals surface area contributed by atoms with Crippen LogP contribution in [0.3, 0.4) is 0 Å². The van der Waals surface area contributed by atoms with Gasteiger partial charge in [0.1, 0.15) is 4.21 Å². The maximum Gasteiger partial charge on any atom is 0.250 e. The first-order valence-corrected chi connectivity index (χ1v) is 11.6. The van der Waals surface area contributed by atoms with Crippen molar-refractivity contribution in [3.63, 3.8) is 0 Å². The van der Waals surface area contributed by atoms with Gasteiger partial charge in [0.05, 0.1) is 4.34 Å². The fourth-order valence-electron chi connectivity index (χ4n) is 2.61. The summed E-state index contributed by atoms with van der Waals surface area (Å²) in [5, 5.41) is 6.21. The molecular weight excluding hydrogens is 537 g/mol. The predicted molar refractivity (Wildman–Crippen MR) is 124 cm³/mol. The van der Waals surface area contributed by atoms with Crippen LogP contribution in [0.5, 0.6) is 0 Å². The lowest BCUT2D eigenvalue weighted by molar-refractivity contribution is -0.127. The van der Waals surface area contributed by atoms with Crippen LogP contribution in [0.1, 0.15) is 26.2 Å². The van der Waals surface area contributed by atoms with E-state index < -0.39 is 10.0 Å². The van der Waals surface area contributed by atoms with E-state index in [4.69, 9.17) is 11.6 Å². The zero-order valence-corrected chi connectivity index (χ0v) is 20.5. The minimum atomic E-state index is -3.54. The van der Waals surface area contributed by atoms with Crippen LogP contribution < -0.4 is 15.4 Å². The molecule has 0 spiro atoms. The van der Waals surface area contributed by atoms with Gasteiger partial charge in [-0.25, -0.2) is 13.1 Å². The Morgan fingerprint density at radius 3 is 2.71 bits per heavy atom. The number of sulfonamides is 1. The van der Waals surface area contributed by atoms with Gasteiger partial charge in [-0.2, -0.15) is 0 Å². The molecule has 1 fully saturated rings. The molecule has 0 bridgehead atoms. The molecule has 3 N–H and O–H groups in total. The summed E-state index contributed by atoms with van der Waals surface area (Å²) < 4.78 is 27.4. The number of guanidine groups is 1. The van der Waals surface area contributed by atoms with Gasteiger partial charge in [-0.05, 0) is 31.9 Å². The topological polar surface area (TPSA) is 103 Å². The van der Waals surface area contributed by atoms with Crippen molar-refractivity contribution in [2.75, 3.05) is 39.3 Å². The molecule has 1 aromatic heterocycles. The highest BCUT2D eigenvalue weighted by molar-refractivity contribution is 14.0. The van der Waals surface area contributed by atoms with Crippen LogP contribution in [0, 0.1) is 0 Å². The highest BCUT2D eigenvalue weighted by atomic mass is 127. The number of nitrogens with one attached hydrogen (secondary N) is 3. The number of hydrogen-bond acceptors (Lipinski definition) is 5. The SMILES string of the molecule is CCNC(=NCCCN1CCCC1=O)NCCNS(=O)(=O)c1ccc(Cl)s1.I. The number of rotatable bonds is 10. The van der Waals surface area contributed by atoms with Crippen LogP contribution in [-0.4, -0.2) is 64.5 Å². The standard InChI is InChI=1S/C16H26ClN5O3S2.HI/c1-2-18-16(19-8-4-12-22-11-3-5-14(22)23)20-9-10-21-27(24,25)15-7-6-13(17)26-15;/h6-7,21H,2-5,8-12H2,1H3,(H2,18,19,20);1H. The van der Waals surface area contributed by atoms with Crippen molar-refractivity contribution in [1.82, 2.24) is 20.3 Å². The number of aliphatic imine (C=N–C) groups is 1. The third-order valence-electron chi connectivity index (χ3n) is 3.89. The van der Waals surface area contributed by atoms with Crippen LogP contribution >= 0.6 is 46.9 Å². The molecule has 2 rings (SSSR count). The van der Waals surface area contributed by atoms with E-state index in [0.29, 0.717) is 36.4 Å². The number of halogens is 2. The van der Waals surface area contributed by atoms with Gasteiger partial charge in [0.2, 0.25) is 15.9 Å². The second-order valence-corrected chi connectivity index (χ2v) is 9.69. The number of thiophene rings is 1. The van der Waals surface area contributed by atoms with Gasteiger partial charge in [-0.3, -0.25) is 9.79 Å². The molecule has 0 unspecified atom stereocenters. The zero-order chi connectivity index (χ0) is 19.7. The second kappa shape index (κ2) is 12.8. The molecule has 1 aliphatic rings. The molecule has 160 valence electrons. The Balaban J connectivity index is 0.00000392. The van der Waals surface area contributed by atoms with Crippen LogP contribution in [0.25, 0.3) is 0 Å². The molecule has 8 nitrogen and oxygen atoms in total. The third kappa shape index (κ3) is 8.39. The van der Waals surface area contributed by atoms with Gasteiger partial charge in [0, 0.05) is 45.7 Å². The second-order valence-electron chi connectivity index (χ2n) is 5.98. The number of carbonyl (C=O) groups is 1. The molecule has 1 amide bonds. The Kier molecular flexibility index (Phi) is 11.6. The van der Waals surface area contributed by atoms with Crippen molar-refractivity contribution < 1.29 is 13.2 Å². The van der Waals surface area contributed by atoms with E-state index in [2.05, 4.69) is 20.3 Å². The summed E-state index contributed by atoms with van der Waals surface area (Å²) in [6, 6.07) is 3.05. The molecule has 1 aliphatic heterocycles. The first-order chi connectivity index (χ1) is 12.9. The summed E-state index contributed by atoms with van der Waals surface area (Å²) in [5.74, 6) is 0.854. The number of hydrogen-bond donors (Lipinski definition) is 3. The van der Waals surface area contributed by atoms with Crippen LogP contribution in [0.4, 0.5) is 0 Å². The Labute approximate surface area is 192 Å². The number of likely N-dealkylation sites (tertiary alicyclic amines) is 1. The molecule has 28 heavy (non-hydrogen) atoms. The lowest BCUT2D eigenvalue weighted by Gasteiger charge is -2.15. The first kappa shape index (κ1) is 25.4. The fourth-order valence-corrected chi connectivity index (χ4v) is 5.17. The molecule has 0 radical (unpaired) electrons. The van der Waals surface area contributed by atoms with Gasteiger partial charge in [-0.15, -0.1) is 35.3 Å². The van der Waals surface area contributed by atoms with Gasteiger partial charge >= 0.3 is 0 Å². The summed E-state index contributed by atoms with van der Waals surface area (Å²) in [6.45, 7) is 5.46. The van der Waals surface area contributed by atoms with E-state index in [0.717, 1.165) is 37.3 Å². The number of nitrogens with zero attached hydrogens (tertiary/aromatic N) is 2. The lowest BCUT2D eigenvalue weighted by atomic mass is 10.4. The molecule has 0 aliphatic carbocycles. The van der Waals surface area contributed by atoms with Crippen LogP contribution in [0.15, 0.2) is 21.3 Å². The lowest BCUT2D eigenvalue weighted by Crippen LogP contribution is -2.41. The van der Waals surface area contributed by atoms with E-state index in [-0.39, 0.29) is 40.6 Å². The summed E-state index contributed by atoms with van der Waals surface area (Å²) in [5.41, 5.74) is 0. The molecule has 0 saturated carbocycles.